The molecule has 1 aromatic heterocycles. The van der Waals surface area contributed by atoms with Crippen LogP contribution in [0.2, 0.25) is 0 Å². The molecule has 1 fully saturated rings. The van der Waals surface area contributed by atoms with Crippen LogP contribution in [0.3, 0.4) is 0 Å². The predicted molar refractivity (Wildman–Crippen MR) is 81.7 cm³/mol. The summed E-state index contributed by atoms with van der Waals surface area (Å²) in [6, 6.07) is 8.21. The number of hydrogen-bond acceptors (Lipinski definition) is 3. The number of carbonyl (C=O) groups excluding carboxylic acids is 1. The van der Waals surface area contributed by atoms with Gasteiger partial charge < -0.3 is 4.90 Å². The Morgan fingerprint density at radius 2 is 2.14 bits per heavy atom. The van der Waals surface area contributed by atoms with Crippen molar-refractivity contribution in [2.24, 2.45) is 5.92 Å². The first-order valence-electron chi connectivity index (χ1n) is 7.73. The topological polar surface area (TPSA) is 51.0 Å². The third-order valence-electron chi connectivity index (χ3n) is 3.96. The number of fused-ring (bicyclic) bond motifs is 1. The van der Waals surface area contributed by atoms with Crippen LogP contribution in [-0.4, -0.2) is 38.4 Å². The third-order valence-corrected chi connectivity index (χ3v) is 3.96. The van der Waals surface area contributed by atoms with Gasteiger partial charge in [-0.25, -0.2) is 4.68 Å². The van der Waals surface area contributed by atoms with E-state index >= 15 is 0 Å². The van der Waals surface area contributed by atoms with Gasteiger partial charge in [0.25, 0.3) is 0 Å². The summed E-state index contributed by atoms with van der Waals surface area (Å²) < 4.78 is 1.71. The van der Waals surface area contributed by atoms with Crippen molar-refractivity contribution in [3.8, 4) is 0 Å². The van der Waals surface area contributed by atoms with Crippen LogP contribution in [0.15, 0.2) is 24.3 Å². The minimum absolute atomic E-state index is 0.161. The van der Waals surface area contributed by atoms with E-state index in [0.717, 1.165) is 36.8 Å². The van der Waals surface area contributed by atoms with Gasteiger partial charge >= 0.3 is 0 Å². The quantitative estimate of drug-likeness (QED) is 0.819. The zero-order chi connectivity index (χ0) is 14.8. The molecule has 0 bridgehead atoms. The summed E-state index contributed by atoms with van der Waals surface area (Å²) in [5.41, 5.74) is 1.76. The molecule has 0 saturated heterocycles. The van der Waals surface area contributed by atoms with Crippen LogP contribution < -0.4 is 0 Å². The van der Waals surface area contributed by atoms with E-state index < -0.39 is 0 Å². The maximum Gasteiger partial charge on any atom is 0.244 e. The Bertz CT molecular complexity index is 630. The molecular weight excluding hydrogens is 264 g/mol. The summed E-state index contributed by atoms with van der Waals surface area (Å²) in [5.74, 6) is 0.778. The van der Waals surface area contributed by atoms with E-state index in [-0.39, 0.29) is 12.5 Å². The maximum absolute atomic E-state index is 12.6. The molecule has 0 atom stereocenters. The fourth-order valence-corrected chi connectivity index (χ4v) is 2.55. The van der Waals surface area contributed by atoms with Crippen LogP contribution in [0.25, 0.3) is 11.0 Å². The zero-order valence-electron chi connectivity index (χ0n) is 12.7. The van der Waals surface area contributed by atoms with E-state index in [2.05, 4.69) is 24.2 Å². The SMILES string of the molecule is CC(C)CCN(C(=O)Cn1nnc2ccccc21)C1CC1. The summed E-state index contributed by atoms with van der Waals surface area (Å²) in [6.45, 7) is 5.53. The molecule has 0 unspecified atom stereocenters. The molecule has 1 amide bonds. The van der Waals surface area contributed by atoms with Gasteiger partial charge in [-0.15, -0.1) is 5.10 Å². The standard InChI is InChI=1S/C16H22N4O/c1-12(2)9-10-19(13-7-8-13)16(21)11-20-15-6-4-3-5-14(15)17-18-20/h3-6,12-13H,7-11H2,1-2H3. The molecule has 0 radical (unpaired) electrons. The Kier molecular flexibility index (Phi) is 3.90. The number of carbonyl (C=O) groups is 1. The first-order valence-corrected chi connectivity index (χ1v) is 7.73. The van der Waals surface area contributed by atoms with E-state index in [1.807, 2.05) is 29.2 Å². The second-order valence-corrected chi connectivity index (χ2v) is 6.24. The largest absolute Gasteiger partial charge is 0.338 e. The van der Waals surface area contributed by atoms with Crippen molar-refractivity contribution < 1.29 is 4.79 Å². The van der Waals surface area contributed by atoms with Crippen molar-refractivity contribution in [1.82, 2.24) is 19.9 Å². The highest BCUT2D eigenvalue weighted by Gasteiger charge is 2.32. The number of aromatic nitrogens is 3. The van der Waals surface area contributed by atoms with Crippen molar-refractivity contribution in [3.63, 3.8) is 0 Å². The fourth-order valence-electron chi connectivity index (χ4n) is 2.55. The van der Waals surface area contributed by atoms with Gasteiger partial charge in [-0.05, 0) is 37.3 Å². The minimum Gasteiger partial charge on any atom is -0.338 e. The molecule has 0 spiro atoms. The highest BCUT2D eigenvalue weighted by molar-refractivity contribution is 5.80. The normalized spacial score (nSPS) is 14.8. The first-order chi connectivity index (χ1) is 10.1. The number of nitrogens with zero attached hydrogens (tertiary/aromatic N) is 4. The average Bonchev–Trinajstić information content (AvgIpc) is 3.21. The fraction of sp³-hybridized carbons (Fsp3) is 0.562. The summed E-state index contributed by atoms with van der Waals surface area (Å²) in [7, 11) is 0. The van der Waals surface area contributed by atoms with E-state index in [0.29, 0.717) is 12.0 Å². The summed E-state index contributed by atoms with van der Waals surface area (Å²) in [5, 5.41) is 8.22. The lowest BCUT2D eigenvalue weighted by Crippen LogP contribution is -2.37. The van der Waals surface area contributed by atoms with Crippen molar-refractivity contribution in [1.29, 1.82) is 0 Å². The molecule has 1 aromatic carbocycles. The number of benzene rings is 1. The Morgan fingerprint density at radius 3 is 2.86 bits per heavy atom. The highest BCUT2D eigenvalue weighted by atomic mass is 16.2. The van der Waals surface area contributed by atoms with Crippen LogP contribution in [0.5, 0.6) is 0 Å². The van der Waals surface area contributed by atoms with Crippen LogP contribution in [0, 0.1) is 5.92 Å². The van der Waals surface area contributed by atoms with Gasteiger partial charge in [0, 0.05) is 12.6 Å². The van der Waals surface area contributed by atoms with Crippen molar-refractivity contribution in [2.45, 2.75) is 45.7 Å². The molecule has 0 aliphatic heterocycles. The lowest BCUT2D eigenvalue weighted by molar-refractivity contribution is -0.132. The first kappa shape index (κ1) is 14.0. The van der Waals surface area contributed by atoms with Gasteiger partial charge in [0.15, 0.2) is 0 Å². The number of para-hydroxylation sites is 1. The smallest absolute Gasteiger partial charge is 0.244 e. The van der Waals surface area contributed by atoms with Gasteiger partial charge in [0.2, 0.25) is 5.91 Å². The number of rotatable bonds is 6. The summed E-state index contributed by atoms with van der Waals surface area (Å²) >= 11 is 0. The van der Waals surface area contributed by atoms with Crippen molar-refractivity contribution in [2.75, 3.05) is 6.54 Å². The molecule has 1 aliphatic carbocycles. The van der Waals surface area contributed by atoms with Crippen LogP contribution >= 0.6 is 0 Å². The molecule has 5 heteroatoms. The van der Waals surface area contributed by atoms with Crippen LogP contribution in [0.4, 0.5) is 0 Å². The molecule has 3 rings (SSSR count). The lowest BCUT2D eigenvalue weighted by Gasteiger charge is -2.23. The number of amides is 1. The van der Waals surface area contributed by atoms with Crippen molar-refractivity contribution in [3.05, 3.63) is 24.3 Å². The Balaban J connectivity index is 1.71. The van der Waals surface area contributed by atoms with Crippen LogP contribution in [0.1, 0.15) is 33.1 Å². The van der Waals surface area contributed by atoms with E-state index in [1.165, 1.54) is 0 Å². The van der Waals surface area contributed by atoms with Gasteiger partial charge in [-0.3, -0.25) is 4.79 Å². The molecule has 21 heavy (non-hydrogen) atoms. The Labute approximate surface area is 124 Å². The van der Waals surface area contributed by atoms with E-state index in [9.17, 15) is 4.79 Å². The molecule has 1 saturated carbocycles. The van der Waals surface area contributed by atoms with Gasteiger partial charge in [0.1, 0.15) is 12.1 Å². The van der Waals surface area contributed by atoms with E-state index in [4.69, 9.17) is 0 Å². The second-order valence-electron chi connectivity index (χ2n) is 6.24. The highest BCUT2D eigenvalue weighted by Crippen LogP contribution is 2.28. The Hall–Kier alpha value is -1.91. The minimum atomic E-state index is 0.161. The molecule has 1 heterocycles. The Morgan fingerprint density at radius 1 is 1.38 bits per heavy atom. The van der Waals surface area contributed by atoms with Gasteiger partial charge in [-0.1, -0.05) is 31.2 Å². The summed E-state index contributed by atoms with van der Waals surface area (Å²) in [6.07, 6.45) is 3.34. The van der Waals surface area contributed by atoms with Gasteiger partial charge in [-0.2, -0.15) is 0 Å². The van der Waals surface area contributed by atoms with Crippen LogP contribution in [-0.2, 0) is 11.3 Å². The van der Waals surface area contributed by atoms with Gasteiger partial charge in [0.05, 0.1) is 5.52 Å². The lowest BCUT2D eigenvalue weighted by atomic mass is 10.1. The molecule has 5 nitrogen and oxygen atoms in total. The molecular formula is C16H22N4O. The molecule has 2 aromatic rings. The summed E-state index contributed by atoms with van der Waals surface area (Å²) in [4.78, 5) is 14.6. The van der Waals surface area contributed by atoms with Crippen molar-refractivity contribution >= 4 is 16.9 Å². The maximum atomic E-state index is 12.6. The third kappa shape index (κ3) is 3.23. The molecule has 112 valence electrons. The van der Waals surface area contributed by atoms with E-state index in [1.54, 1.807) is 4.68 Å². The predicted octanol–water partition coefficient (Wildman–Crippen LogP) is 2.47. The monoisotopic (exact) mass is 286 g/mol. The zero-order valence-corrected chi connectivity index (χ0v) is 12.7. The molecule has 1 aliphatic rings. The molecule has 0 N–H and O–H groups in total. The number of hydrogen-bond donors (Lipinski definition) is 0. The average molecular weight is 286 g/mol. The second kappa shape index (κ2) is 5.84.